The standard InChI is InChI=1S/C7H3ClFN3S/c8-7-12-11-6(13-7)5-3-4(9)1-2-10-5/h1-3H. The zero-order valence-corrected chi connectivity index (χ0v) is 7.81. The molecule has 2 aromatic heterocycles. The van der Waals surface area contributed by atoms with Crippen molar-refractivity contribution in [1.29, 1.82) is 0 Å². The van der Waals surface area contributed by atoms with Crippen LogP contribution in [-0.2, 0) is 0 Å². The topological polar surface area (TPSA) is 38.7 Å². The van der Waals surface area contributed by atoms with Crippen molar-refractivity contribution in [2.45, 2.75) is 0 Å². The minimum absolute atomic E-state index is 0.320. The van der Waals surface area contributed by atoms with Gasteiger partial charge in [0.2, 0.25) is 4.47 Å². The summed E-state index contributed by atoms with van der Waals surface area (Å²) in [7, 11) is 0. The summed E-state index contributed by atoms with van der Waals surface area (Å²) >= 11 is 6.74. The fourth-order valence-corrected chi connectivity index (χ4v) is 1.63. The molecule has 2 rings (SSSR count). The Morgan fingerprint density at radius 3 is 2.85 bits per heavy atom. The van der Waals surface area contributed by atoms with Gasteiger partial charge in [-0.15, -0.1) is 10.2 Å². The van der Waals surface area contributed by atoms with E-state index in [0.29, 0.717) is 15.2 Å². The highest BCUT2D eigenvalue weighted by molar-refractivity contribution is 7.18. The van der Waals surface area contributed by atoms with Gasteiger partial charge in [0.25, 0.3) is 0 Å². The molecule has 0 aliphatic heterocycles. The highest BCUT2D eigenvalue weighted by atomic mass is 35.5. The van der Waals surface area contributed by atoms with Crippen molar-refractivity contribution < 1.29 is 4.39 Å². The van der Waals surface area contributed by atoms with E-state index in [0.717, 1.165) is 11.3 Å². The minimum atomic E-state index is -0.351. The molecule has 0 saturated heterocycles. The van der Waals surface area contributed by atoms with Crippen LogP contribution in [0.25, 0.3) is 10.7 Å². The second-order valence-electron chi connectivity index (χ2n) is 2.22. The molecule has 2 aromatic rings. The summed E-state index contributed by atoms with van der Waals surface area (Å²) in [6.45, 7) is 0. The molecule has 0 amide bonds. The van der Waals surface area contributed by atoms with Crippen LogP contribution in [0.5, 0.6) is 0 Å². The first-order valence-electron chi connectivity index (χ1n) is 3.36. The van der Waals surface area contributed by atoms with Gasteiger partial charge in [-0.1, -0.05) is 11.3 Å². The van der Waals surface area contributed by atoms with E-state index >= 15 is 0 Å². The predicted octanol–water partition coefficient (Wildman–Crippen LogP) is 2.39. The van der Waals surface area contributed by atoms with Crippen molar-refractivity contribution in [1.82, 2.24) is 15.2 Å². The maximum Gasteiger partial charge on any atom is 0.207 e. The zero-order valence-electron chi connectivity index (χ0n) is 6.24. The number of hydrogen-bond donors (Lipinski definition) is 0. The van der Waals surface area contributed by atoms with E-state index in [-0.39, 0.29) is 5.82 Å². The largest absolute Gasteiger partial charge is 0.253 e. The van der Waals surface area contributed by atoms with Crippen molar-refractivity contribution >= 4 is 22.9 Å². The summed E-state index contributed by atoms with van der Waals surface area (Å²) < 4.78 is 13.1. The van der Waals surface area contributed by atoms with Crippen LogP contribution in [0.1, 0.15) is 0 Å². The fraction of sp³-hybridized carbons (Fsp3) is 0. The number of halogens is 2. The summed E-state index contributed by atoms with van der Waals surface area (Å²) in [5.74, 6) is -0.351. The van der Waals surface area contributed by atoms with Crippen LogP contribution in [0.3, 0.4) is 0 Å². The molecule has 3 nitrogen and oxygen atoms in total. The molecule has 0 radical (unpaired) electrons. The van der Waals surface area contributed by atoms with Crippen molar-refractivity contribution in [2.24, 2.45) is 0 Å². The third-order valence-corrected chi connectivity index (χ3v) is 2.38. The number of pyridine rings is 1. The van der Waals surface area contributed by atoms with Crippen LogP contribution < -0.4 is 0 Å². The summed E-state index contributed by atoms with van der Waals surface area (Å²) in [4.78, 5) is 3.93. The molecule has 0 aliphatic rings. The lowest BCUT2D eigenvalue weighted by Gasteiger charge is -1.92. The molecule has 13 heavy (non-hydrogen) atoms. The van der Waals surface area contributed by atoms with Crippen LogP contribution >= 0.6 is 22.9 Å². The second-order valence-corrected chi connectivity index (χ2v) is 3.78. The Kier molecular flexibility index (Phi) is 2.20. The van der Waals surface area contributed by atoms with Gasteiger partial charge in [0.15, 0.2) is 5.01 Å². The Bertz CT molecular complexity index is 431. The summed E-state index contributed by atoms with van der Waals surface area (Å²) in [5, 5.41) is 7.85. The molecule has 0 atom stereocenters. The molecule has 66 valence electrons. The molecule has 6 heteroatoms. The lowest BCUT2D eigenvalue weighted by molar-refractivity contribution is 0.626. The molecule has 0 aliphatic carbocycles. The van der Waals surface area contributed by atoms with Gasteiger partial charge in [0.1, 0.15) is 11.5 Å². The molecule has 2 heterocycles. The van der Waals surface area contributed by atoms with Crippen molar-refractivity contribution in [3.05, 3.63) is 28.6 Å². The van der Waals surface area contributed by atoms with E-state index in [9.17, 15) is 4.39 Å². The zero-order chi connectivity index (χ0) is 9.26. The van der Waals surface area contributed by atoms with Gasteiger partial charge in [0.05, 0.1) is 0 Å². The molecule has 0 unspecified atom stereocenters. The molecule has 0 N–H and O–H groups in total. The quantitative estimate of drug-likeness (QED) is 0.733. The van der Waals surface area contributed by atoms with E-state index in [1.807, 2.05) is 0 Å². The van der Waals surface area contributed by atoms with Gasteiger partial charge in [-0.05, 0) is 17.7 Å². The summed E-state index contributed by atoms with van der Waals surface area (Å²) in [5.41, 5.74) is 0.449. The highest BCUT2D eigenvalue weighted by Gasteiger charge is 2.06. The Morgan fingerprint density at radius 1 is 1.38 bits per heavy atom. The average molecular weight is 216 g/mol. The van der Waals surface area contributed by atoms with Crippen molar-refractivity contribution in [3.8, 4) is 10.7 Å². The van der Waals surface area contributed by atoms with Crippen LogP contribution in [-0.4, -0.2) is 15.2 Å². The molecule has 0 fully saturated rings. The van der Waals surface area contributed by atoms with E-state index in [1.165, 1.54) is 18.3 Å². The normalized spacial score (nSPS) is 10.3. The van der Waals surface area contributed by atoms with E-state index in [2.05, 4.69) is 15.2 Å². The Hall–Kier alpha value is -1.07. The molecular weight excluding hydrogens is 213 g/mol. The van der Waals surface area contributed by atoms with Crippen LogP contribution in [0.2, 0.25) is 4.47 Å². The highest BCUT2D eigenvalue weighted by Crippen LogP contribution is 2.24. The SMILES string of the molecule is Fc1ccnc(-c2nnc(Cl)s2)c1. The Balaban J connectivity index is 2.46. The number of rotatable bonds is 1. The average Bonchev–Trinajstić information content (AvgIpc) is 2.52. The molecular formula is C7H3ClFN3S. The van der Waals surface area contributed by atoms with Crippen LogP contribution in [0.4, 0.5) is 4.39 Å². The van der Waals surface area contributed by atoms with E-state index in [4.69, 9.17) is 11.6 Å². The second kappa shape index (κ2) is 3.35. The van der Waals surface area contributed by atoms with Crippen LogP contribution in [0.15, 0.2) is 18.3 Å². The Morgan fingerprint density at radius 2 is 2.23 bits per heavy atom. The van der Waals surface area contributed by atoms with E-state index in [1.54, 1.807) is 0 Å². The Labute approximate surface area is 82.2 Å². The van der Waals surface area contributed by atoms with Crippen molar-refractivity contribution in [2.75, 3.05) is 0 Å². The number of nitrogens with zero attached hydrogens (tertiary/aromatic N) is 3. The first-order valence-corrected chi connectivity index (χ1v) is 4.56. The van der Waals surface area contributed by atoms with Gasteiger partial charge < -0.3 is 0 Å². The number of aromatic nitrogens is 3. The first-order chi connectivity index (χ1) is 6.25. The minimum Gasteiger partial charge on any atom is -0.253 e. The van der Waals surface area contributed by atoms with Gasteiger partial charge in [0, 0.05) is 12.3 Å². The van der Waals surface area contributed by atoms with Crippen molar-refractivity contribution in [3.63, 3.8) is 0 Å². The maximum absolute atomic E-state index is 12.7. The monoisotopic (exact) mass is 215 g/mol. The molecule has 0 bridgehead atoms. The van der Waals surface area contributed by atoms with Gasteiger partial charge in [-0.3, -0.25) is 4.98 Å². The third kappa shape index (κ3) is 1.81. The van der Waals surface area contributed by atoms with Crippen LogP contribution in [0, 0.1) is 5.82 Å². The molecule has 0 saturated carbocycles. The van der Waals surface area contributed by atoms with Gasteiger partial charge >= 0.3 is 0 Å². The predicted molar refractivity (Wildman–Crippen MR) is 48.1 cm³/mol. The maximum atomic E-state index is 12.7. The third-order valence-electron chi connectivity index (χ3n) is 1.34. The first kappa shape index (κ1) is 8.52. The lowest BCUT2D eigenvalue weighted by Crippen LogP contribution is -1.83. The summed E-state index contributed by atoms with van der Waals surface area (Å²) in [6, 6.07) is 2.56. The van der Waals surface area contributed by atoms with Gasteiger partial charge in [-0.2, -0.15) is 0 Å². The summed E-state index contributed by atoms with van der Waals surface area (Å²) in [6.07, 6.45) is 1.37. The molecule has 0 spiro atoms. The molecule has 0 aromatic carbocycles. The van der Waals surface area contributed by atoms with Gasteiger partial charge in [-0.25, -0.2) is 4.39 Å². The smallest absolute Gasteiger partial charge is 0.207 e. The number of hydrogen-bond acceptors (Lipinski definition) is 4. The lowest BCUT2D eigenvalue weighted by atomic mass is 10.3. The van der Waals surface area contributed by atoms with E-state index < -0.39 is 0 Å². The fourth-order valence-electron chi connectivity index (χ4n) is 0.831.